The number of rotatable bonds is 20. The van der Waals surface area contributed by atoms with Crippen LogP contribution in [0.25, 0.3) is 6.08 Å². The number of allylic oxidation sites excluding steroid dienone is 4. The van der Waals surface area contributed by atoms with Crippen molar-refractivity contribution in [3.05, 3.63) is 99.0 Å². The van der Waals surface area contributed by atoms with Crippen LogP contribution in [0.5, 0.6) is 0 Å². The van der Waals surface area contributed by atoms with Gasteiger partial charge in [-0.1, -0.05) is 514 Å². The Morgan fingerprint density at radius 2 is 0.787 bits per heavy atom. The Labute approximate surface area is 841 Å². The molecule has 2 aromatic rings. The Balaban J connectivity index is -0.000000677. The van der Waals surface area contributed by atoms with Crippen LogP contribution in [0.1, 0.15) is 508 Å². The van der Waals surface area contributed by atoms with E-state index in [0.29, 0.717) is 43.4 Å². The lowest BCUT2D eigenvalue weighted by atomic mass is 9.72. The quantitative estimate of drug-likeness (QED) is 0.0916. The molecule has 0 nitrogen and oxygen atoms in total. The molecule has 14 atom stereocenters. The molecule has 14 saturated carbocycles. The lowest BCUT2D eigenvalue weighted by Crippen LogP contribution is -2.23. The van der Waals surface area contributed by atoms with Gasteiger partial charge < -0.3 is 0 Å². The Morgan fingerprint density at radius 1 is 0.417 bits per heavy atom. The van der Waals surface area contributed by atoms with E-state index in [1.54, 1.807) is 0 Å². The predicted molar refractivity (Wildman–Crippen MR) is 597 cm³/mol. The zero-order chi connectivity index (χ0) is 95.1. The highest BCUT2D eigenvalue weighted by molar-refractivity contribution is 9.09. The second-order valence-corrected chi connectivity index (χ2v) is 50.5. The molecular formula is C120H223BrCl6. The highest BCUT2D eigenvalue weighted by atomic mass is 79.9. The van der Waals surface area contributed by atoms with Gasteiger partial charge in [-0.3, -0.25) is 0 Å². The number of halogens is 7. The highest BCUT2D eigenvalue weighted by Crippen LogP contribution is 2.63. The van der Waals surface area contributed by atoms with Gasteiger partial charge in [0, 0.05) is 23.8 Å². The molecule has 0 N–H and O–H groups in total. The van der Waals surface area contributed by atoms with Gasteiger partial charge in [-0.2, -0.15) is 0 Å². The molecule has 14 aliphatic carbocycles. The molecule has 0 radical (unpaired) electrons. The molecule has 0 heterocycles. The van der Waals surface area contributed by atoms with Crippen LogP contribution in [0.15, 0.2) is 82.9 Å². The molecule has 0 bridgehead atoms. The fourth-order valence-corrected chi connectivity index (χ4v) is 24.7. The molecule has 752 valence electrons. The second-order valence-electron chi connectivity index (χ2n) is 45.6. The van der Waals surface area contributed by atoms with Crippen molar-refractivity contribution < 1.29 is 8.56 Å². The summed E-state index contributed by atoms with van der Waals surface area (Å²) in [6.07, 6.45) is 75.7. The average Bonchev–Trinajstić information content (AvgIpc) is 1.58. The molecule has 0 spiro atoms. The number of hydrogen-bond donors (Lipinski definition) is 0. The molecule has 7 heteroatoms. The van der Waals surface area contributed by atoms with Gasteiger partial charge in [0.1, 0.15) is 8.82 Å². The summed E-state index contributed by atoms with van der Waals surface area (Å²) in [6.45, 7) is 62.2. The normalized spacial score (nSPS) is 31.6. The molecule has 14 aliphatic rings. The molecule has 14 fully saturated rings. The maximum absolute atomic E-state index is 5.94. The summed E-state index contributed by atoms with van der Waals surface area (Å²) < 4.78 is 0.0772. The van der Waals surface area contributed by atoms with Crippen LogP contribution < -0.4 is 0 Å². The molecule has 127 heavy (non-hydrogen) atoms. The lowest BCUT2D eigenvalue weighted by molar-refractivity contribution is 0.174. The third-order valence-electron chi connectivity index (χ3n) is 34.7. The van der Waals surface area contributed by atoms with Crippen LogP contribution in [-0.4, -0.2) is 14.5 Å². The van der Waals surface area contributed by atoms with Gasteiger partial charge in [0.2, 0.25) is 0 Å². The van der Waals surface area contributed by atoms with Gasteiger partial charge in [-0.25, -0.2) is 0 Å². The Bertz CT molecular complexity index is 3010. The van der Waals surface area contributed by atoms with Gasteiger partial charge in [0.15, 0.2) is 0 Å². The summed E-state index contributed by atoms with van der Waals surface area (Å²) in [5.74, 6) is 20.0. The maximum Gasteiger partial charge on any atom is 0.121 e. The monoisotopic (exact) mass is 1950 g/mol. The van der Waals surface area contributed by atoms with Gasteiger partial charge in [0.25, 0.3) is 0 Å². The van der Waals surface area contributed by atoms with E-state index in [2.05, 4.69) is 264 Å². The van der Waals surface area contributed by atoms with E-state index < -0.39 is 0 Å². The predicted octanol–water partition coefficient (Wildman–Crippen LogP) is 45.3. The fraction of sp³-hybridized carbons (Fsp3) is 0.850. The molecule has 0 aliphatic heterocycles. The van der Waals surface area contributed by atoms with E-state index in [0.717, 1.165) is 135 Å². The van der Waals surface area contributed by atoms with Gasteiger partial charge in [0.05, 0.1) is 0 Å². The Kier molecular flexibility index (Phi) is 61.9. The minimum absolute atomic E-state index is 0. The van der Waals surface area contributed by atoms with Crippen LogP contribution in [0.4, 0.5) is 0 Å². The highest BCUT2D eigenvalue weighted by Gasteiger charge is 2.56. The molecule has 0 aromatic heterocycles. The van der Waals surface area contributed by atoms with Gasteiger partial charge >= 0.3 is 0 Å². The van der Waals surface area contributed by atoms with Crippen LogP contribution in [0.3, 0.4) is 0 Å². The van der Waals surface area contributed by atoms with E-state index in [-0.39, 0.29) is 12.9 Å². The SMILES string of the molecule is CCC(C)C1CC1.CCC1C(C)CCCC1C.CCC1C(C=C(C)C)C1(C)C.CCC1C(C=C(Cl)Cl)C1(C)C.CCC1C(C=Cc2ccc(Cl)cc2)C1(C)C.CCC1CC1.CCC1CC1(C)c1ccccc1.CCC1CC1(Cl)Cl.CCC1CC1C.CCC1CCC(Br)CC1.CCC1CCC(Cl)CC1.CCC1CCCCC1.CCC1CCCCC1.CCC1CCCCC1.[HH].[HH].[HH].[HH].[HH].[HH]. The molecule has 2 aromatic carbocycles. The van der Waals surface area contributed by atoms with E-state index in [1.165, 1.54) is 306 Å². The van der Waals surface area contributed by atoms with Crippen molar-refractivity contribution in [3.63, 3.8) is 0 Å². The van der Waals surface area contributed by atoms with E-state index in [4.69, 9.17) is 69.6 Å². The van der Waals surface area contributed by atoms with E-state index in [1.807, 2.05) is 18.2 Å². The fourth-order valence-electron chi connectivity index (χ4n) is 22.9. The van der Waals surface area contributed by atoms with Crippen LogP contribution in [-0.2, 0) is 5.41 Å². The molecule has 16 rings (SSSR count). The summed E-state index contributed by atoms with van der Waals surface area (Å²) in [5, 5.41) is 1.29. The van der Waals surface area contributed by atoms with Gasteiger partial charge in [-0.05, 0) is 267 Å². The van der Waals surface area contributed by atoms with Crippen LogP contribution >= 0.6 is 85.5 Å². The second kappa shape index (κ2) is 64.9. The van der Waals surface area contributed by atoms with E-state index in [9.17, 15) is 0 Å². The summed E-state index contributed by atoms with van der Waals surface area (Å²) in [7, 11) is 0. The zero-order valence-corrected chi connectivity index (χ0v) is 94.8. The van der Waals surface area contributed by atoms with Crippen molar-refractivity contribution in [2.24, 2.45) is 141 Å². The first-order valence-corrected chi connectivity index (χ1v) is 58.4. The smallest absolute Gasteiger partial charge is 0.121 e. The topological polar surface area (TPSA) is 0 Å². The van der Waals surface area contributed by atoms with Crippen molar-refractivity contribution in [3.8, 4) is 0 Å². The van der Waals surface area contributed by atoms with Crippen LogP contribution in [0, 0.1) is 141 Å². The van der Waals surface area contributed by atoms with Crippen molar-refractivity contribution >= 4 is 91.6 Å². The number of benzene rings is 2. The lowest BCUT2D eigenvalue weighted by Gasteiger charge is -2.33. The summed E-state index contributed by atoms with van der Waals surface area (Å²) in [4.78, 5) is 0.834. The first-order valence-electron chi connectivity index (χ1n) is 55.1. The van der Waals surface area contributed by atoms with Crippen molar-refractivity contribution in [1.29, 1.82) is 0 Å². The minimum Gasteiger partial charge on any atom is -0.123 e. The molecule has 0 amide bonds. The van der Waals surface area contributed by atoms with Crippen molar-refractivity contribution in [2.45, 2.75) is 509 Å². The summed E-state index contributed by atoms with van der Waals surface area (Å²) in [6, 6.07) is 18.9. The van der Waals surface area contributed by atoms with Gasteiger partial charge in [-0.15, -0.1) is 34.8 Å². The average molecular weight is 1960 g/mol. The third kappa shape index (κ3) is 48.8. The molecular weight excluding hydrogens is 1730 g/mol. The first kappa shape index (κ1) is 121. The number of alkyl halides is 4. The first-order chi connectivity index (χ1) is 60.3. The standard InChI is InChI=1S/C15H19Cl.C12H16.C11H20.C10H20.C9H14Cl2.C8H15Br.C8H15Cl.3C8H16.C7H14.C6H12.C5H8Cl2.C5H10.6H2/c1-4-13-14(15(13,2)3)10-7-11-5-8-12(16)9-6-11;1-3-10-9-12(10,2)11-7-5-4-6-8-11;1-6-9-10(7-8(2)3)11(9,4)5;1-4-10-8(2)6-5-7-9(10)3;1-4-6-7(5-8(10)11)9(6,2)3;2*1-2-7-3-5-8(9)6-4-7;3*1-2-8-6-4-3-5-7-8;1-3-6(2)7-4-5-7;1-3-6-4-5(6)2;1-2-4-3-5(4,6)7;1-2-5-3-4-5;;;;;;/h5-10,13-14H,4H2,1-3H3;4-8,10H,3,9H2,1-2H3;7,9-10H,6H2,1-5H3;8-10H,4-7H2,1-3H3;5-7H,4H2,1-3H3;2*7-8H,2-6H2,1H3;3*8H,2-7H2,1H3;6-7H,3-5H2,1-2H3;5-6H,3-4H2,1-2H3;4H,2-3H2,1H3;5H,2-4H2,1H3;6*1H. The Hall–Kier alpha value is -0.120. The molecule has 14 unspecified atom stereocenters. The number of hydrogen-bond acceptors (Lipinski definition) is 0. The summed E-state index contributed by atoms with van der Waals surface area (Å²) in [5.41, 5.74) is 6.25. The van der Waals surface area contributed by atoms with Crippen molar-refractivity contribution in [1.82, 2.24) is 0 Å². The van der Waals surface area contributed by atoms with Crippen molar-refractivity contribution in [2.75, 3.05) is 0 Å². The van der Waals surface area contributed by atoms with Crippen LogP contribution in [0.2, 0.25) is 5.02 Å². The zero-order valence-electron chi connectivity index (χ0n) is 88.7. The largest absolute Gasteiger partial charge is 0.123 e. The summed E-state index contributed by atoms with van der Waals surface area (Å²) >= 11 is 38.0. The van der Waals surface area contributed by atoms with E-state index >= 15 is 0 Å². The molecule has 0 saturated heterocycles. The minimum atomic E-state index is -0.339. The maximum atomic E-state index is 5.94. The Morgan fingerprint density at radius 3 is 1.05 bits per heavy atom. The third-order valence-corrected chi connectivity index (χ3v) is 37.5.